The van der Waals surface area contributed by atoms with Gasteiger partial charge >= 0.3 is 0 Å². The fraction of sp³-hybridized carbons (Fsp3) is 0.833. The van der Waals surface area contributed by atoms with Crippen molar-refractivity contribution in [3.8, 4) is 0 Å². The van der Waals surface area contributed by atoms with Crippen LogP contribution in [0.2, 0.25) is 0 Å². The summed E-state index contributed by atoms with van der Waals surface area (Å²) in [5, 5.41) is 3.34. The van der Waals surface area contributed by atoms with Crippen molar-refractivity contribution in [1.29, 1.82) is 0 Å². The molecule has 0 aliphatic carbocycles. The smallest absolute Gasteiger partial charge is 0.00675 e. The second-order valence-electron chi connectivity index (χ2n) is 2.08. The molecule has 0 saturated carbocycles. The zero-order chi connectivity index (χ0) is 5.11. The molecule has 0 aromatic carbocycles. The molecule has 1 aliphatic rings. The molecular weight excluding hydrogens is 86.1 g/mol. The highest BCUT2D eigenvalue weighted by Crippen LogP contribution is 2.06. The summed E-state index contributed by atoms with van der Waals surface area (Å²) in [6.07, 6.45) is 3.74. The fourth-order valence-corrected chi connectivity index (χ4v) is 1.00. The first-order chi connectivity index (χ1) is 3.43. The van der Waals surface area contributed by atoms with Gasteiger partial charge in [-0.2, -0.15) is 0 Å². The SMILES string of the molecule is [CH2]C[C@H]1CCCN1. The lowest BCUT2D eigenvalue weighted by Crippen LogP contribution is -2.19. The van der Waals surface area contributed by atoms with Gasteiger partial charge in [0.05, 0.1) is 0 Å². The van der Waals surface area contributed by atoms with Gasteiger partial charge in [-0.1, -0.05) is 6.92 Å². The number of rotatable bonds is 1. The summed E-state index contributed by atoms with van der Waals surface area (Å²) in [5.41, 5.74) is 0. The molecule has 41 valence electrons. The first kappa shape index (κ1) is 5.10. The van der Waals surface area contributed by atoms with Crippen LogP contribution in [0, 0.1) is 6.92 Å². The van der Waals surface area contributed by atoms with E-state index in [1.54, 1.807) is 0 Å². The molecule has 1 rings (SSSR count). The Bertz CT molecular complexity index is 46.1. The molecule has 1 nitrogen and oxygen atoms in total. The molecule has 1 aliphatic heterocycles. The molecule has 0 unspecified atom stereocenters. The summed E-state index contributed by atoms with van der Waals surface area (Å²) in [7, 11) is 0. The Morgan fingerprint density at radius 3 is 2.86 bits per heavy atom. The molecule has 1 heterocycles. The molecule has 0 bridgehead atoms. The maximum absolute atomic E-state index is 3.81. The molecule has 1 atom stereocenters. The van der Waals surface area contributed by atoms with E-state index >= 15 is 0 Å². The highest BCUT2D eigenvalue weighted by Gasteiger charge is 2.09. The third kappa shape index (κ3) is 1.16. The van der Waals surface area contributed by atoms with Crippen molar-refractivity contribution in [3.63, 3.8) is 0 Å². The topological polar surface area (TPSA) is 12.0 Å². The summed E-state index contributed by atoms with van der Waals surface area (Å²) < 4.78 is 0. The molecule has 1 fully saturated rings. The Morgan fingerprint density at radius 1 is 1.71 bits per heavy atom. The van der Waals surface area contributed by atoms with E-state index in [0.29, 0.717) is 0 Å². The molecular formula is C6H12N. The van der Waals surface area contributed by atoms with Crippen molar-refractivity contribution in [2.75, 3.05) is 6.54 Å². The van der Waals surface area contributed by atoms with Crippen molar-refractivity contribution in [1.82, 2.24) is 5.32 Å². The first-order valence-corrected chi connectivity index (χ1v) is 2.96. The molecule has 1 saturated heterocycles. The third-order valence-electron chi connectivity index (χ3n) is 1.51. The van der Waals surface area contributed by atoms with E-state index in [1.165, 1.54) is 19.4 Å². The lowest BCUT2D eigenvalue weighted by Gasteiger charge is -2.02. The van der Waals surface area contributed by atoms with Gasteiger partial charge in [0, 0.05) is 6.04 Å². The quantitative estimate of drug-likeness (QED) is 0.515. The van der Waals surface area contributed by atoms with Crippen molar-refractivity contribution in [3.05, 3.63) is 6.92 Å². The normalized spacial score (nSPS) is 31.3. The van der Waals surface area contributed by atoms with E-state index in [0.717, 1.165) is 12.5 Å². The Balaban J connectivity index is 2.14. The molecule has 0 aromatic rings. The maximum Gasteiger partial charge on any atom is 0.00675 e. The molecule has 7 heavy (non-hydrogen) atoms. The minimum atomic E-state index is 0.736. The zero-order valence-corrected chi connectivity index (χ0v) is 4.61. The van der Waals surface area contributed by atoms with Crippen LogP contribution in [0.15, 0.2) is 0 Å². The van der Waals surface area contributed by atoms with E-state index < -0.39 is 0 Å². The number of hydrogen-bond donors (Lipinski definition) is 1. The molecule has 1 heteroatoms. The average molecular weight is 98.2 g/mol. The van der Waals surface area contributed by atoms with Crippen LogP contribution in [0.3, 0.4) is 0 Å². The molecule has 1 radical (unpaired) electrons. The van der Waals surface area contributed by atoms with Gasteiger partial charge in [-0.05, 0) is 25.8 Å². The highest BCUT2D eigenvalue weighted by molar-refractivity contribution is 4.73. The van der Waals surface area contributed by atoms with Gasteiger partial charge in [-0.25, -0.2) is 0 Å². The zero-order valence-electron chi connectivity index (χ0n) is 4.61. The summed E-state index contributed by atoms with van der Waals surface area (Å²) in [4.78, 5) is 0. The van der Waals surface area contributed by atoms with Crippen LogP contribution < -0.4 is 5.32 Å². The number of nitrogens with one attached hydrogen (secondary N) is 1. The molecule has 0 amide bonds. The van der Waals surface area contributed by atoms with E-state index in [9.17, 15) is 0 Å². The third-order valence-corrected chi connectivity index (χ3v) is 1.51. The van der Waals surface area contributed by atoms with E-state index in [2.05, 4.69) is 12.2 Å². The van der Waals surface area contributed by atoms with E-state index in [4.69, 9.17) is 0 Å². The summed E-state index contributed by atoms with van der Waals surface area (Å²) in [5.74, 6) is 0. The lowest BCUT2D eigenvalue weighted by atomic mass is 10.2. The average Bonchev–Trinajstić information content (AvgIpc) is 2.14. The van der Waals surface area contributed by atoms with Crippen LogP contribution in [0.5, 0.6) is 0 Å². The van der Waals surface area contributed by atoms with Crippen molar-refractivity contribution in [2.24, 2.45) is 0 Å². The highest BCUT2D eigenvalue weighted by atomic mass is 14.9. The second-order valence-corrected chi connectivity index (χ2v) is 2.08. The van der Waals surface area contributed by atoms with Gasteiger partial charge in [0.25, 0.3) is 0 Å². The van der Waals surface area contributed by atoms with Crippen LogP contribution in [0.4, 0.5) is 0 Å². The van der Waals surface area contributed by atoms with Crippen LogP contribution in [-0.2, 0) is 0 Å². The van der Waals surface area contributed by atoms with Crippen molar-refractivity contribution < 1.29 is 0 Å². The fourth-order valence-electron chi connectivity index (χ4n) is 1.00. The van der Waals surface area contributed by atoms with Crippen molar-refractivity contribution >= 4 is 0 Å². The first-order valence-electron chi connectivity index (χ1n) is 2.96. The summed E-state index contributed by atoms with van der Waals surface area (Å²) in [6.45, 7) is 5.01. The standard InChI is InChI=1S/C6H12N/c1-2-6-4-3-5-7-6/h6-7H,1-5H2/t6-/m0/s1. The minimum Gasteiger partial charge on any atom is -0.314 e. The van der Waals surface area contributed by atoms with Gasteiger partial charge < -0.3 is 5.32 Å². The predicted molar refractivity (Wildman–Crippen MR) is 31.0 cm³/mol. The van der Waals surface area contributed by atoms with Crippen LogP contribution in [-0.4, -0.2) is 12.6 Å². The lowest BCUT2D eigenvalue weighted by molar-refractivity contribution is 0.613. The predicted octanol–water partition coefficient (Wildman–Crippen LogP) is 0.963. The van der Waals surface area contributed by atoms with Gasteiger partial charge in [0.15, 0.2) is 0 Å². The minimum absolute atomic E-state index is 0.736. The molecule has 0 aromatic heterocycles. The Kier molecular flexibility index (Phi) is 1.69. The molecule has 0 spiro atoms. The van der Waals surface area contributed by atoms with E-state index in [1.807, 2.05) is 0 Å². The second kappa shape index (κ2) is 2.31. The Morgan fingerprint density at radius 2 is 2.57 bits per heavy atom. The summed E-state index contributed by atoms with van der Waals surface area (Å²) in [6, 6.07) is 0.736. The van der Waals surface area contributed by atoms with Gasteiger partial charge in [0.2, 0.25) is 0 Å². The molecule has 1 N–H and O–H groups in total. The van der Waals surface area contributed by atoms with Crippen LogP contribution in [0.25, 0.3) is 0 Å². The van der Waals surface area contributed by atoms with Gasteiger partial charge in [-0.15, -0.1) is 0 Å². The summed E-state index contributed by atoms with van der Waals surface area (Å²) >= 11 is 0. The Hall–Kier alpha value is -0.0400. The van der Waals surface area contributed by atoms with E-state index in [-0.39, 0.29) is 0 Å². The van der Waals surface area contributed by atoms with Crippen LogP contribution >= 0.6 is 0 Å². The monoisotopic (exact) mass is 98.1 g/mol. The van der Waals surface area contributed by atoms with Crippen molar-refractivity contribution in [2.45, 2.75) is 25.3 Å². The Labute approximate surface area is 45.1 Å². The maximum atomic E-state index is 3.81. The number of hydrogen-bond acceptors (Lipinski definition) is 1. The largest absolute Gasteiger partial charge is 0.314 e. The van der Waals surface area contributed by atoms with Crippen LogP contribution in [0.1, 0.15) is 19.3 Å². The van der Waals surface area contributed by atoms with Gasteiger partial charge in [-0.3, -0.25) is 0 Å². The van der Waals surface area contributed by atoms with Gasteiger partial charge in [0.1, 0.15) is 0 Å².